The zero-order chi connectivity index (χ0) is 15.6. The molecule has 2 rings (SSSR count). The fourth-order valence-corrected chi connectivity index (χ4v) is 2.21. The van der Waals surface area contributed by atoms with Crippen LogP contribution in [0.25, 0.3) is 0 Å². The molecule has 0 aliphatic carbocycles. The van der Waals surface area contributed by atoms with Crippen molar-refractivity contribution >= 4 is 5.69 Å². The van der Waals surface area contributed by atoms with Gasteiger partial charge in [-0.1, -0.05) is 39.0 Å². The maximum Gasteiger partial charge on any atom is 0.187 e. The van der Waals surface area contributed by atoms with Gasteiger partial charge in [-0.05, 0) is 34.7 Å². The molecule has 0 saturated carbocycles. The first-order valence-corrected chi connectivity index (χ1v) is 6.79. The number of anilines is 1. The van der Waals surface area contributed by atoms with E-state index in [0.29, 0.717) is 5.56 Å². The Morgan fingerprint density at radius 2 is 1.62 bits per heavy atom. The molecule has 0 radical (unpaired) electrons. The predicted molar refractivity (Wildman–Crippen MR) is 80.5 cm³/mol. The third kappa shape index (κ3) is 3.51. The molecule has 0 bridgehead atoms. The van der Waals surface area contributed by atoms with Crippen molar-refractivity contribution in [2.24, 2.45) is 0 Å². The minimum atomic E-state index is -0.948. The van der Waals surface area contributed by atoms with Crippen LogP contribution >= 0.6 is 0 Å². The molecule has 2 N–H and O–H groups in total. The van der Waals surface area contributed by atoms with Gasteiger partial charge in [-0.25, -0.2) is 8.78 Å². The smallest absolute Gasteiger partial charge is 0.187 e. The molecule has 4 heteroatoms. The van der Waals surface area contributed by atoms with E-state index in [4.69, 9.17) is 5.11 Å². The number of halogens is 2. The van der Waals surface area contributed by atoms with Gasteiger partial charge in [0.05, 0.1) is 0 Å². The number of phenols is 1. The average Bonchev–Trinajstić information content (AvgIpc) is 2.41. The summed E-state index contributed by atoms with van der Waals surface area (Å²) in [5.74, 6) is -2.83. The first-order chi connectivity index (χ1) is 9.79. The van der Waals surface area contributed by atoms with Crippen LogP contribution in [0.15, 0.2) is 36.4 Å². The first kappa shape index (κ1) is 15.3. The molecule has 0 spiro atoms. The summed E-state index contributed by atoms with van der Waals surface area (Å²) in [6.07, 6.45) is 0. The summed E-state index contributed by atoms with van der Waals surface area (Å²) in [4.78, 5) is 0. The summed E-state index contributed by atoms with van der Waals surface area (Å²) in [6, 6.07) is 10.1. The van der Waals surface area contributed by atoms with Crippen LogP contribution in [-0.4, -0.2) is 5.11 Å². The molecule has 0 aliphatic rings. The van der Waals surface area contributed by atoms with Gasteiger partial charge in [0.1, 0.15) is 0 Å². The minimum absolute atomic E-state index is 0.0327. The Morgan fingerprint density at radius 3 is 2.19 bits per heavy atom. The van der Waals surface area contributed by atoms with Gasteiger partial charge in [0.2, 0.25) is 0 Å². The number of rotatable bonds is 3. The molecular formula is C17H19F2NO. The van der Waals surface area contributed by atoms with E-state index in [1.807, 2.05) is 24.3 Å². The number of phenolic OH excluding ortho intramolecular Hbond substituents is 1. The molecule has 112 valence electrons. The lowest BCUT2D eigenvalue weighted by atomic mass is 9.86. The van der Waals surface area contributed by atoms with Gasteiger partial charge in [-0.2, -0.15) is 0 Å². The highest BCUT2D eigenvalue weighted by atomic mass is 19.1. The van der Waals surface area contributed by atoms with E-state index in [2.05, 4.69) is 26.1 Å². The van der Waals surface area contributed by atoms with E-state index >= 15 is 0 Å². The van der Waals surface area contributed by atoms with E-state index in [0.717, 1.165) is 23.4 Å². The van der Waals surface area contributed by atoms with Crippen LogP contribution in [0.1, 0.15) is 31.9 Å². The lowest BCUT2D eigenvalue weighted by molar-refractivity contribution is 0.395. The quantitative estimate of drug-likeness (QED) is 0.867. The van der Waals surface area contributed by atoms with E-state index < -0.39 is 17.4 Å². The number of nitrogens with one attached hydrogen (secondary N) is 1. The second-order valence-electron chi connectivity index (χ2n) is 6.06. The molecule has 0 aliphatic heterocycles. The number of hydrogen-bond donors (Lipinski definition) is 2. The predicted octanol–water partition coefficient (Wildman–Crippen LogP) is 4.58. The molecule has 0 heterocycles. The standard InChI is InChI=1S/C17H19F2NO/c1-17(2,3)12-6-4-5-7-15(12)20-10-11-8-13(18)16(21)14(19)9-11/h4-9,20-21H,10H2,1-3H3. The Morgan fingerprint density at radius 1 is 1.05 bits per heavy atom. The Labute approximate surface area is 123 Å². The molecule has 0 atom stereocenters. The Kier molecular flexibility index (Phi) is 4.16. The Hall–Kier alpha value is -2.10. The number of benzene rings is 2. The van der Waals surface area contributed by atoms with Crippen molar-refractivity contribution in [3.05, 3.63) is 59.2 Å². The Bertz CT molecular complexity index is 624. The zero-order valence-corrected chi connectivity index (χ0v) is 12.4. The summed E-state index contributed by atoms with van der Waals surface area (Å²) in [6.45, 7) is 6.59. The van der Waals surface area contributed by atoms with Gasteiger partial charge in [0, 0.05) is 12.2 Å². The molecule has 0 saturated heterocycles. The van der Waals surface area contributed by atoms with Crippen molar-refractivity contribution in [3.63, 3.8) is 0 Å². The third-order valence-electron chi connectivity index (χ3n) is 3.29. The SMILES string of the molecule is CC(C)(C)c1ccccc1NCc1cc(F)c(O)c(F)c1. The topological polar surface area (TPSA) is 32.3 Å². The largest absolute Gasteiger partial charge is 0.503 e. The number of hydrogen-bond acceptors (Lipinski definition) is 2. The highest BCUT2D eigenvalue weighted by Gasteiger charge is 2.17. The first-order valence-electron chi connectivity index (χ1n) is 6.79. The molecule has 0 amide bonds. The van der Waals surface area contributed by atoms with Crippen molar-refractivity contribution in [2.45, 2.75) is 32.7 Å². The summed E-state index contributed by atoms with van der Waals surface area (Å²) >= 11 is 0. The maximum absolute atomic E-state index is 13.3. The van der Waals surface area contributed by atoms with Gasteiger partial charge in [0.15, 0.2) is 17.4 Å². The van der Waals surface area contributed by atoms with Crippen LogP contribution in [0, 0.1) is 11.6 Å². The van der Waals surface area contributed by atoms with Gasteiger partial charge in [-0.3, -0.25) is 0 Å². The second kappa shape index (κ2) is 5.72. The van der Waals surface area contributed by atoms with E-state index in [1.54, 1.807) is 0 Å². The highest BCUT2D eigenvalue weighted by Crippen LogP contribution is 2.30. The molecule has 2 nitrogen and oxygen atoms in total. The van der Waals surface area contributed by atoms with Crippen LogP contribution in [0.3, 0.4) is 0 Å². The van der Waals surface area contributed by atoms with Gasteiger partial charge in [0.25, 0.3) is 0 Å². The fraction of sp³-hybridized carbons (Fsp3) is 0.294. The van der Waals surface area contributed by atoms with Crippen LogP contribution in [0.4, 0.5) is 14.5 Å². The minimum Gasteiger partial charge on any atom is -0.503 e. The molecule has 2 aromatic rings. The van der Waals surface area contributed by atoms with Crippen LogP contribution < -0.4 is 5.32 Å². The zero-order valence-electron chi connectivity index (χ0n) is 12.4. The number of aromatic hydroxyl groups is 1. The fourth-order valence-electron chi connectivity index (χ4n) is 2.21. The lowest BCUT2D eigenvalue weighted by Crippen LogP contribution is -2.14. The van der Waals surface area contributed by atoms with Crippen molar-refractivity contribution < 1.29 is 13.9 Å². The van der Waals surface area contributed by atoms with Crippen molar-refractivity contribution in [2.75, 3.05) is 5.32 Å². The lowest BCUT2D eigenvalue weighted by Gasteiger charge is -2.23. The van der Waals surface area contributed by atoms with Crippen LogP contribution in [0.5, 0.6) is 5.75 Å². The van der Waals surface area contributed by atoms with Gasteiger partial charge in [-0.15, -0.1) is 0 Å². The molecule has 0 fully saturated rings. The van der Waals surface area contributed by atoms with Crippen molar-refractivity contribution in [1.29, 1.82) is 0 Å². The van der Waals surface area contributed by atoms with Gasteiger partial charge >= 0.3 is 0 Å². The maximum atomic E-state index is 13.3. The molecule has 0 aromatic heterocycles. The van der Waals surface area contributed by atoms with E-state index in [-0.39, 0.29) is 12.0 Å². The molecule has 21 heavy (non-hydrogen) atoms. The van der Waals surface area contributed by atoms with Crippen LogP contribution in [-0.2, 0) is 12.0 Å². The van der Waals surface area contributed by atoms with Crippen molar-refractivity contribution in [3.8, 4) is 5.75 Å². The van der Waals surface area contributed by atoms with E-state index in [9.17, 15) is 8.78 Å². The molecule has 0 unspecified atom stereocenters. The Balaban J connectivity index is 2.21. The average molecular weight is 291 g/mol. The monoisotopic (exact) mass is 291 g/mol. The highest BCUT2D eigenvalue weighted by molar-refractivity contribution is 5.54. The summed E-state index contributed by atoms with van der Waals surface area (Å²) in [5, 5.41) is 12.3. The van der Waals surface area contributed by atoms with E-state index in [1.165, 1.54) is 0 Å². The molecular weight excluding hydrogens is 272 g/mol. The van der Waals surface area contributed by atoms with Crippen molar-refractivity contribution in [1.82, 2.24) is 0 Å². The molecule has 2 aromatic carbocycles. The van der Waals surface area contributed by atoms with Crippen LogP contribution in [0.2, 0.25) is 0 Å². The third-order valence-corrected chi connectivity index (χ3v) is 3.29. The van der Waals surface area contributed by atoms with Gasteiger partial charge < -0.3 is 10.4 Å². The normalized spacial score (nSPS) is 11.5. The summed E-state index contributed by atoms with van der Waals surface area (Å²) in [7, 11) is 0. The second-order valence-corrected chi connectivity index (χ2v) is 6.06. The summed E-state index contributed by atoms with van der Waals surface area (Å²) < 4.78 is 26.6. The number of para-hydroxylation sites is 1. The summed E-state index contributed by atoms with van der Waals surface area (Å²) in [5.41, 5.74) is 2.46.